The summed E-state index contributed by atoms with van der Waals surface area (Å²) in [7, 11) is -7.34. The minimum atomic E-state index is -3.83. The van der Waals surface area contributed by atoms with Crippen LogP contribution < -0.4 is 16.0 Å². The van der Waals surface area contributed by atoms with Crippen LogP contribution in [-0.4, -0.2) is 41.6 Å². The number of nitrogens with one attached hydrogen (secondary N) is 2. The van der Waals surface area contributed by atoms with Crippen molar-refractivity contribution in [1.82, 2.24) is 4.72 Å². The Balaban J connectivity index is 3.14. The van der Waals surface area contributed by atoms with Crippen LogP contribution in [0, 0.1) is 0 Å². The van der Waals surface area contributed by atoms with Gasteiger partial charge in [0.25, 0.3) is 0 Å². The molecule has 0 fully saturated rings. The van der Waals surface area contributed by atoms with E-state index in [1.165, 1.54) is 12.1 Å². The fraction of sp³-hybridized carbons (Fsp3) is 0.455. The third-order valence-corrected chi connectivity index (χ3v) is 5.95. The molecule has 10 heteroatoms. The van der Waals surface area contributed by atoms with Gasteiger partial charge in [-0.3, -0.25) is 5.84 Å². The van der Waals surface area contributed by atoms with Crippen LogP contribution in [0.2, 0.25) is 0 Å². The van der Waals surface area contributed by atoms with Crippen molar-refractivity contribution >= 4 is 37.3 Å². The van der Waals surface area contributed by atoms with Crippen molar-refractivity contribution in [1.29, 1.82) is 0 Å². The minimum absolute atomic E-state index is 0.0778. The number of hydrazine groups is 1. The first kappa shape index (κ1) is 18.2. The Bertz CT molecular complexity index is 687. The van der Waals surface area contributed by atoms with Gasteiger partial charge in [0.1, 0.15) is 4.90 Å². The summed E-state index contributed by atoms with van der Waals surface area (Å²) in [6.45, 7) is 0.274. The van der Waals surface area contributed by atoms with Gasteiger partial charge in [0, 0.05) is 12.8 Å². The molecule has 21 heavy (non-hydrogen) atoms. The Morgan fingerprint density at radius 3 is 2.43 bits per heavy atom. The van der Waals surface area contributed by atoms with E-state index in [2.05, 4.69) is 10.1 Å². The molecule has 0 spiro atoms. The highest BCUT2D eigenvalue weighted by Gasteiger charge is 2.21. The smallest absolute Gasteiger partial charge is 0.242 e. The Hall–Kier alpha value is -0.810. The maximum atomic E-state index is 12.2. The van der Waals surface area contributed by atoms with E-state index in [0.29, 0.717) is 6.42 Å². The van der Waals surface area contributed by atoms with Crippen molar-refractivity contribution in [2.75, 3.05) is 30.2 Å². The maximum absolute atomic E-state index is 12.2. The number of rotatable bonds is 8. The Kier molecular flexibility index (Phi) is 6.47. The molecular formula is C11H19N3O4S3. The highest BCUT2D eigenvalue weighted by Crippen LogP contribution is 2.24. The van der Waals surface area contributed by atoms with Crippen LogP contribution in [0.15, 0.2) is 28.0 Å². The first-order chi connectivity index (χ1) is 9.72. The van der Waals surface area contributed by atoms with E-state index < -0.39 is 19.9 Å². The van der Waals surface area contributed by atoms with Crippen LogP contribution in [0.3, 0.4) is 0 Å². The molecule has 0 radical (unpaired) electrons. The van der Waals surface area contributed by atoms with E-state index >= 15 is 0 Å². The molecule has 0 aromatic heterocycles. The van der Waals surface area contributed by atoms with Crippen LogP contribution in [0.4, 0.5) is 5.69 Å². The van der Waals surface area contributed by atoms with Gasteiger partial charge in [0.15, 0.2) is 9.84 Å². The molecule has 0 aliphatic rings. The van der Waals surface area contributed by atoms with Crippen LogP contribution in [0.25, 0.3) is 0 Å². The zero-order valence-electron chi connectivity index (χ0n) is 11.8. The van der Waals surface area contributed by atoms with Crippen molar-refractivity contribution in [2.24, 2.45) is 5.84 Å². The average Bonchev–Trinajstić information content (AvgIpc) is 2.42. The summed E-state index contributed by atoms with van der Waals surface area (Å²) in [5, 5.41) is 0. The molecule has 0 saturated carbocycles. The highest BCUT2D eigenvalue weighted by atomic mass is 32.2. The number of thioether (sulfide) groups is 1. The lowest BCUT2D eigenvalue weighted by molar-refractivity contribution is 0.581. The average molecular weight is 353 g/mol. The fourth-order valence-electron chi connectivity index (χ4n) is 1.58. The van der Waals surface area contributed by atoms with Crippen LogP contribution >= 0.6 is 11.8 Å². The fourth-order valence-corrected chi connectivity index (χ4v) is 4.00. The predicted octanol–water partition coefficient (Wildman–Crippen LogP) is 0.407. The van der Waals surface area contributed by atoms with E-state index in [9.17, 15) is 16.8 Å². The second-order valence-corrected chi connectivity index (χ2v) is 9.06. The van der Waals surface area contributed by atoms with Crippen LogP contribution in [-0.2, 0) is 19.9 Å². The molecule has 7 nitrogen and oxygen atoms in total. The van der Waals surface area contributed by atoms with Crippen molar-refractivity contribution in [2.45, 2.75) is 16.2 Å². The molecule has 4 N–H and O–H groups in total. The van der Waals surface area contributed by atoms with E-state index in [1.54, 1.807) is 11.8 Å². The van der Waals surface area contributed by atoms with E-state index in [0.717, 1.165) is 18.1 Å². The Morgan fingerprint density at radius 2 is 1.90 bits per heavy atom. The molecule has 1 rings (SSSR count). The summed E-state index contributed by atoms with van der Waals surface area (Å²) in [5.41, 5.74) is 2.40. The van der Waals surface area contributed by atoms with Gasteiger partial charge in [-0.1, -0.05) is 0 Å². The van der Waals surface area contributed by atoms with Crippen molar-refractivity contribution < 1.29 is 16.8 Å². The third-order valence-electron chi connectivity index (χ3n) is 2.64. The van der Waals surface area contributed by atoms with Gasteiger partial charge in [0.05, 0.1) is 10.6 Å². The molecular weight excluding hydrogens is 334 g/mol. The van der Waals surface area contributed by atoms with E-state index in [-0.39, 0.29) is 22.0 Å². The number of nitrogens with two attached hydrogens (primary N) is 1. The topological polar surface area (TPSA) is 118 Å². The molecule has 0 aliphatic heterocycles. The number of benzene rings is 1. The van der Waals surface area contributed by atoms with Crippen LogP contribution in [0.1, 0.15) is 6.42 Å². The lowest BCUT2D eigenvalue weighted by Gasteiger charge is -2.12. The number of hydrogen-bond donors (Lipinski definition) is 3. The number of sulfone groups is 1. The highest BCUT2D eigenvalue weighted by molar-refractivity contribution is 7.98. The van der Waals surface area contributed by atoms with Gasteiger partial charge in [-0.15, -0.1) is 0 Å². The normalized spacial score (nSPS) is 12.3. The predicted molar refractivity (Wildman–Crippen MR) is 85.5 cm³/mol. The van der Waals surface area contributed by atoms with Gasteiger partial charge in [-0.05, 0) is 36.6 Å². The van der Waals surface area contributed by atoms with E-state index in [4.69, 9.17) is 5.84 Å². The van der Waals surface area contributed by atoms with Gasteiger partial charge in [0.2, 0.25) is 10.0 Å². The van der Waals surface area contributed by atoms with E-state index in [1.807, 2.05) is 6.26 Å². The lowest BCUT2D eigenvalue weighted by Crippen LogP contribution is -2.27. The first-order valence-corrected chi connectivity index (χ1v) is 10.8. The number of nitrogen functional groups attached to an aromatic ring is 1. The molecule has 0 heterocycles. The van der Waals surface area contributed by atoms with Gasteiger partial charge >= 0.3 is 0 Å². The second-order valence-electron chi connectivity index (χ2n) is 4.32. The molecule has 0 saturated heterocycles. The van der Waals surface area contributed by atoms with Gasteiger partial charge in [-0.2, -0.15) is 11.8 Å². The molecule has 1 aromatic rings. The monoisotopic (exact) mass is 353 g/mol. The number of anilines is 1. The molecule has 0 bridgehead atoms. The van der Waals surface area contributed by atoms with Gasteiger partial charge < -0.3 is 5.43 Å². The summed E-state index contributed by atoms with van der Waals surface area (Å²) >= 11 is 1.62. The Morgan fingerprint density at radius 1 is 1.24 bits per heavy atom. The van der Waals surface area contributed by atoms with Crippen molar-refractivity contribution in [3.8, 4) is 0 Å². The maximum Gasteiger partial charge on any atom is 0.242 e. The van der Waals surface area contributed by atoms with Gasteiger partial charge in [-0.25, -0.2) is 21.6 Å². The van der Waals surface area contributed by atoms with Crippen molar-refractivity contribution in [3.05, 3.63) is 18.2 Å². The summed E-state index contributed by atoms with van der Waals surface area (Å²) in [6.07, 6.45) is 3.62. The lowest BCUT2D eigenvalue weighted by atomic mass is 10.3. The van der Waals surface area contributed by atoms with Crippen molar-refractivity contribution in [3.63, 3.8) is 0 Å². The zero-order valence-corrected chi connectivity index (χ0v) is 14.2. The molecule has 1 aromatic carbocycles. The largest absolute Gasteiger partial charge is 0.323 e. The number of sulfonamides is 1. The zero-order chi connectivity index (χ0) is 16.1. The SMILES string of the molecule is CSCCCNS(=O)(=O)c1cc(S(C)(=O)=O)ccc1NN. The second kappa shape index (κ2) is 7.45. The third kappa shape index (κ3) is 5.15. The number of hydrogen-bond acceptors (Lipinski definition) is 7. The summed E-state index contributed by atoms with van der Waals surface area (Å²) in [4.78, 5) is -0.261. The quantitative estimate of drug-likeness (QED) is 0.352. The first-order valence-electron chi connectivity index (χ1n) is 6.01. The minimum Gasteiger partial charge on any atom is -0.323 e. The van der Waals surface area contributed by atoms with Crippen LogP contribution in [0.5, 0.6) is 0 Å². The molecule has 0 atom stereocenters. The molecule has 0 unspecified atom stereocenters. The standard InChI is InChI=1S/C11H19N3O4S3/c1-19-7-3-6-13-21(17,18)11-8-9(20(2,15)16)4-5-10(11)14-12/h4-5,8,13-14H,3,6-7,12H2,1-2H3. The molecule has 0 amide bonds. The Labute approximate surface area is 129 Å². The molecule has 0 aliphatic carbocycles. The summed E-state index contributed by atoms with van der Waals surface area (Å²) in [6, 6.07) is 3.73. The molecule has 120 valence electrons. The summed E-state index contributed by atoms with van der Waals surface area (Å²) < 4.78 is 50.0. The summed E-state index contributed by atoms with van der Waals surface area (Å²) in [5.74, 6) is 6.12.